The first kappa shape index (κ1) is 12.2. The number of hydrogen-bond acceptors (Lipinski definition) is 2. The summed E-state index contributed by atoms with van der Waals surface area (Å²) < 4.78 is 36.4. The van der Waals surface area contributed by atoms with E-state index in [0.29, 0.717) is 25.0 Å². The number of halogens is 3. The molecular weight excluding hydrogens is 217 g/mol. The lowest BCUT2D eigenvalue weighted by molar-refractivity contribution is -0.148. The van der Waals surface area contributed by atoms with E-state index in [1.165, 1.54) is 17.7 Å². The standard InChI is InChI=1S/C11H19F3N2/c12-11(13,14)8-16-5-3-9(4-6-16)7-15-10-1-2-10/h9-10,15H,1-8H2. The van der Waals surface area contributed by atoms with Crippen molar-refractivity contribution in [1.29, 1.82) is 0 Å². The van der Waals surface area contributed by atoms with Gasteiger partial charge in [-0.25, -0.2) is 0 Å². The second-order valence-corrected chi connectivity index (χ2v) is 5.02. The predicted molar refractivity (Wildman–Crippen MR) is 56.2 cm³/mol. The fourth-order valence-electron chi connectivity index (χ4n) is 2.22. The minimum absolute atomic E-state index is 0.574. The summed E-state index contributed by atoms with van der Waals surface area (Å²) in [6.07, 6.45) is 0.296. The van der Waals surface area contributed by atoms with Crippen LogP contribution in [0.4, 0.5) is 13.2 Å². The van der Waals surface area contributed by atoms with Crippen LogP contribution in [0.5, 0.6) is 0 Å². The van der Waals surface area contributed by atoms with Crippen LogP contribution in [0.1, 0.15) is 25.7 Å². The summed E-state index contributed by atoms with van der Waals surface area (Å²) in [7, 11) is 0. The van der Waals surface area contributed by atoms with Gasteiger partial charge < -0.3 is 5.32 Å². The molecule has 2 fully saturated rings. The predicted octanol–water partition coefficient (Wildman–Crippen LogP) is 2.01. The summed E-state index contributed by atoms with van der Waals surface area (Å²) in [5, 5.41) is 3.45. The van der Waals surface area contributed by atoms with Gasteiger partial charge in [0.1, 0.15) is 0 Å². The molecule has 2 aliphatic rings. The fourth-order valence-corrected chi connectivity index (χ4v) is 2.22. The van der Waals surface area contributed by atoms with Crippen molar-refractivity contribution in [3.8, 4) is 0 Å². The highest BCUT2D eigenvalue weighted by atomic mass is 19.4. The Morgan fingerprint density at radius 1 is 1.06 bits per heavy atom. The minimum Gasteiger partial charge on any atom is -0.314 e. The Morgan fingerprint density at radius 2 is 1.69 bits per heavy atom. The Morgan fingerprint density at radius 3 is 2.19 bits per heavy atom. The molecule has 1 aliphatic heterocycles. The van der Waals surface area contributed by atoms with E-state index in [1.54, 1.807) is 0 Å². The van der Waals surface area contributed by atoms with Gasteiger partial charge in [0.15, 0.2) is 0 Å². The number of alkyl halides is 3. The van der Waals surface area contributed by atoms with Crippen molar-refractivity contribution in [3.05, 3.63) is 0 Å². The Bertz CT molecular complexity index is 218. The van der Waals surface area contributed by atoms with Gasteiger partial charge in [0, 0.05) is 6.04 Å². The highest BCUT2D eigenvalue weighted by Crippen LogP contribution is 2.24. The first-order valence-electron chi connectivity index (χ1n) is 6.05. The number of piperidine rings is 1. The van der Waals surface area contributed by atoms with Crippen LogP contribution in [0.2, 0.25) is 0 Å². The molecule has 0 bridgehead atoms. The Balaban J connectivity index is 1.61. The van der Waals surface area contributed by atoms with E-state index in [-0.39, 0.29) is 0 Å². The maximum Gasteiger partial charge on any atom is 0.401 e. The SMILES string of the molecule is FC(F)(F)CN1CCC(CNC2CC2)CC1. The zero-order valence-corrected chi connectivity index (χ0v) is 9.39. The Hall–Kier alpha value is -0.290. The third kappa shape index (κ3) is 4.29. The third-order valence-electron chi connectivity index (χ3n) is 3.38. The summed E-state index contributed by atoms with van der Waals surface area (Å²) in [5.41, 5.74) is 0. The van der Waals surface area contributed by atoms with E-state index in [2.05, 4.69) is 5.32 Å². The molecule has 2 nitrogen and oxygen atoms in total. The molecule has 0 amide bonds. The van der Waals surface area contributed by atoms with E-state index < -0.39 is 12.7 Å². The molecule has 94 valence electrons. The number of nitrogens with one attached hydrogen (secondary N) is 1. The van der Waals surface area contributed by atoms with Gasteiger partial charge in [0.2, 0.25) is 0 Å². The monoisotopic (exact) mass is 236 g/mol. The van der Waals surface area contributed by atoms with Gasteiger partial charge in [-0.1, -0.05) is 0 Å². The van der Waals surface area contributed by atoms with Crippen molar-refractivity contribution >= 4 is 0 Å². The van der Waals surface area contributed by atoms with Crippen molar-refractivity contribution < 1.29 is 13.2 Å². The molecule has 0 aromatic carbocycles. The molecule has 16 heavy (non-hydrogen) atoms. The van der Waals surface area contributed by atoms with Crippen LogP contribution in [0.15, 0.2) is 0 Å². The number of likely N-dealkylation sites (tertiary alicyclic amines) is 1. The normalized spacial score (nSPS) is 24.9. The molecule has 1 saturated carbocycles. The molecule has 0 atom stereocenters. The van der Waals surface area contributed by atoms with Crippen LogP contribution in [-0.4, -0.2) is 43.3 Å². The molecule has 5 heteroatoms. The first-order chi connectivity index (χ1) is 7.53. The number of nitrogens with zero attached hydrogens (tertiary/aromatic N) is 1. The zero-order valence-electron chi connectivity index (χ0n) is 9.39. The van der Waals surface area contributed by atoms with Gasteiger partial charge in [-0.3, -0.25) is 4.90 Å². The van der Waals surface area contributed by atoms with E-state index >= 15 is 0 Å². The maximum absolute atomic E-state index is 12.1. The van der Waals surface area contributed by atoms with Crippen LogP contribution in [0.25, 0.3) is 0 Å². The van der Waals surface area contributed by atoms with Gasteiger partial charge in [0.05, 0.1) is 6.54 Å². The lowest BCUT2D eigenvalue weighted by Crippen LogP contribution is -2.42. The molecule has 1 aliphatic carbocycles. The summed E-state index contributed by atoms with van der Waals surface area (Å²) in [4.78, 5) is 1.52. The van der Waals surface area contributed by atoms with Crippen molar-refractivity contribution in [1.82, 2.24) is 10.2 Å². The summed E-state index contributed by atoms with van der Waals surface area (Å²) >= 11 is 0. The van der Waals surface area contributed by atoms with Gasteiger partial charge in [-0.15, -0.1) is 0 Å². The maximum atomic E-state index is 12.1. The number of hydrogen-bond donors (Lipinski definition) is 1. The van der Waals surface area contributed by atoms with Crippen molar-refractivity contribution in [2.75, 3.05) is 26.2 Å². The van der Waals surface area contributed by atoms with Crippen molar-refractivity contribution in [2.24, 2.45) is 5.92 Å². The van der Waals surface area contributed by atoms with Gasteiger partial charge in [-0.05, 0) is 51.2 Å². The molecule has 0 aromatic heterocycles. The zero-order chi connectivity index (χ0) is 11.6. The highest BCUT2D eigenvalue weighted by Gasteiger charge is 2.32. The molecule has 0 aromatic rings. The largest absolute Gasteiger partial charge is 0.401 e. The second kappa shape index (κ2) is 4.92. The fraction of sp³-hybridized carbons (Fsp3) is 1.00. The molecule has 1 saturated heterocycles. The molecule has 2 rings (SSSR count). The Labute approximate surface area is 94.2 Å². The van der Waals surface area contributed by atoms with Crippen LogP contribution < -0.4 is 5.32 Å². The Kier molecular flexibility index (Phi) is 3.74. The quantitative estimate of drug-likeness (QED) is 0.803. The first-order valence-corrected chi connectivity index (χ1v) is 6.05. The van der Waals surface area contributed by atoms with E-state index in [1.807, 2.05) is 0 Å². The lowest BCUT2D eigenvalue weighted by Gasteiger charge is -2.32. The molecule has 0 radical (unpaired) electrons. The summed E-state index contributed by atoms with van der Waals surface area (Å²) in [5.74, 6) is 0.574. The second-order valence-electron chi connectivity index (χ2n) is 5.02. The van der Waals surface area contributed by atoms with Crippen LogP contribution >= 0.6 is 0 Å². The van der Waals surface area contributed by atoms with E-state index in [4.69, 9.17) is 0 Å². The average Bonchev–Trinajstić information content (AvgIpc) is 2.98. The lowest BCUT2D eigenvalue weighted by atomic mass is 9.97. The van der Waals surface area contributed by atoms with Gasteiger partial charge in [-0.2, -0.15) is 13.2 Å². The average molecular weight is 236 g/mol. The molecular formula is C11H19F3N2. The van der Waals surface area contributed by atoms with Gasteiger partial charge >= 0.3 is 6.18 Å². The van der Waals surface area contributed by atoms with E-state index in [9.17, 15) is 13.2 Å². The molecule has 0 unspecified atom stereocenters. The topological polar surface area (TPSA) is 15.3 Å². The smallest absolute Gasteiger partial charge is 0.314 e. The van der Waals surface area contributed by atoms with Crippen LogP contribution in [0, 0.1) is 5.92 Å². The van der Waals surface area contributed by atoms with E-state index in [0.717, 1.165) is 19.4 Å². The number of rotatable bonds is 4. The van der Waals surface area contributed by atoms with Gasteiger partial charge in [0.25, 0.3) is 0 Å². The highest BCUT2D eigenvalue weighted by molar-refractivity contribution is 4.83. The van der Waals surface area contributed by atoms with Crippen molar-refractivity contribution in [2.45, 2.75) is 37.9 Å². The summed E-state index contributed by atoms with van der Waals surface area (Å²) in [6, 6.07) is 0.702. The minimum atomic E-state index is -4.04. The van der Waals surface area contributed by atoms with Crippen LogP contribution in [-0.2, 0) is 0 Å². The third-order valence-corrected chi connectivity index (χ3v) is 3.38. The summed E-state index contributed by atoms with van der Waals surface area (Å²) in [6.45, 7) is 1.44. The molecule has 0 spiro atoms. The molecule has 1 heterocycles. The van der Waals surface area contributed by atoms with Crippen LogP contribution in [0.3, 0.4) is 0 Å². The van der Waals surface area contributed by atoms with Crippen molar-refractivity contribution in [3.63, 3.8) is 0 Å². The molecule has 1 N–H and O–H groups in total.